The lowest BCUT2D eigenvalue weighted by molar-refractivity contribution is 0.0959. The lowest BCUT2D eigenvalue weighted by atomic mass is 10.1. The summed E-state index contributed by atoms with van der Waals surface area (Å²) in [6.07, 6.45) is 1.56. The van der Waals surface area contributed by atoms with Gasteiger partial charge in [0.15, 0.2) is 0 Å². The molecule has 6 heteroatoms. The van der Waals surface area contributed by atoms with E-state index in [2.05, 4.69) is 22.2 Å². The lowest BCUT2D eigenvalue weighted by Crippen LogP contribution is -2.27. The predicted octanol–water partition coefficient (Wildman–Crippen LogP) is 3.21. The van der Waals surface area contributed by atoms with Crippen molar-refractivity contribution in [2.75, 3.05) is 11.9 Å². The maximum absolute atomic E-state index is 12.6. The summed E-state index contributed by atoms with van der Waals surface area (Å²) >= 11 is 0. The normalized spacial score (nSPS) is 10.1. The molecule has 3 aromatic rings. The van der Waals surface area contributed by atoms with Crippen LogP contribution in [0, 0.1) is 0 Å². The molecule has 0 aliphatic rings. The van der Waals surface area contributed by atoms with Crippen LogP contribution < -0.4 is 16.2 Å². The van der Waals surface area contributed by atoms with Crippen LogP contribution in [0.3, 0.4) is 0 Å². The monoisotopic (exact) mass is 373 g/mol. The van der Waals surface area contributed by atoms with Crippen molar-refractivity contribution in [3.8, 4) is 11.3 Å². The van der Waals surface area contributed by atoms with Crippen molar-refractivity contribution in [2.24, 2.45) is 0 Å². The molecule has 2 amide bonds. The summed E-state index contributed by atoms with van der Waals surface area (Å²) in [5.74, 6) is -0.936. The summed E-state index contributed by atoms with van der Waals surface area (Å²) in [6, 6.07) is 19.1. The Hall–Kier alpha value is -3.93. The van der Waals surface area contributed by atoms with Crippen LogP contribution >= 0.6 is 0 Å². The zero-order valence-electron chi connectivity index (χ0n) is 15.1. The maximum atomic E-state index is 12.6. The molecule has 0 aliphatic heterocycles. The Morgan fingerprint density at radius 2 is 1.61 bits per heavy atom. The van der Waals surface area contributed by atoms with Gasteiger partial charge >= 0.3 is 0 Å². The van der Waals surface area contributed by atoms with Crippen molar-refractivity contribution in [3.63, 3.8) is 0 Å². The lowest BCUT2D eigenvalue weighted by Gasteiger charge is -2.11. The third-order valence-corrected chi connectivity index (χ3v) is 4.07. The van der Waals surface area contributed by atoms with Crippen LogP contribution in [0.4, 0.5) is 5.69 Å². The van der Waals surface area contributed by atoms with E-state index in [4.69, 9.17) is 0 Å². The van der Waals surface area contributed by atoms with Crippen LogP contribution in [0.1, 0.15) is 20.7 Å². The van der Waals surface area contributed by atoms with Crippen molar-refractivity contribution >= 4 is 17.5 Å². The Balaban J connectivity index is 1.83. The first kappa shape index (κ1) is 18.8. The van der Waals surface area contributed by atoms with E-state index in [-0.39, 0.29) is 11.5 Å². The average molecular weight is 373 g/mol. The molecule has 0 bridgehead atoms. The van der Waals surface area contributed by atoms with Gasteiger partial charge < -0.3 is 15.6 Å². The molecule has 0 saturated heterocycles. The molecule has 0 unspecified atom stereocenters. The largest absolute Gasteiger partial charge is 0.349 e. The fourth-order valence-corrected chi connectivity index (χ4v) is 2.68. The second kappa shape index (κ2) is 8.64. The highest BCUT2D eigenvalue weighted by Gasteiger charge is 2.16. The zero-order chi connectivity index (χ0) is 19.9. The molecule has 3 N–H and O–H groups in total. The number of carbonyl (C=O) groups is 2. The van der Waals surface area contributed by atoms with Gasteiger partial charge in [0.2, 0.25) is 0 Å². The van der Waals surface area contributed by atoms with Crippen molar-refractivity contribution in [2.45, 2.75) is 0 Å². The number of para-hydroxylation sites is 1. The SMILES string of the molecule is C=CCNC(=O)c1ccccc1NC(=O)c1ccc(-c2ccccc2)[nH]c1=O. The fraction of sp³-hybridized carbons (Fsp3) is 0.0455. The minimum absolute atomic E-state index is 0.0408. The van der Waals surface area contributed by atoms with Crippen molar-refractivity contribution in [3.05, 3.63) is 101 Å². The van der Waals surface area contributed by atoms with Gasteiger partial charge in [0.05, 0.1) is 11.3 Å². The standard InChI is InChI=1S/C22H19N3O3/c1-2-14-23-20(26)16-10-6-7-11-19(16)25-22(28)17-12-13-18(24-21(17)27)15-8-4-3-5-9-15/h2-13H,1,14H2,(H,23,26)(H,24,27)(H,25,28). The number of pyridine rings is 1. The van der Waals surface area contributed by atoms with Gasteiger partial charge in [-0.1, -0.05) is 48.5 Å². The number of aromatic nitrogens is 1. The minimum Gasteiger partial charge on any atom is -0.349 e. The third-order valence-electron chi connectivity index (χ3n) is 4.07. The summed E-state index contributed by atoms with van der Waals surface area (Å²) in [6.45, 7) is 3.86. The first-order valence-electron chi connectivity index (χ1n) is 8.68. The molecule has 0 saturated carbocycles. The molecule has 0 radical (unpaired) electrons. The minimum atomic E-state index is -0.593. The van der Waals surface area contributed by atoms with E-state index in [1.165, 1.54) is 6.07 Å². The van der Waals surface area contributed by atoms with E-state index in [1.807, 2.05) is 30.3 Å². The van der Waals surface area contributed by atoms with Crippen LogP contribution in [-0.2, 0) is 0 Å². The highest BCUT2D eigenvalue weighted by molar-refractivity contribution is 6.08. The second-order valence-corrected chi connectivity index (χ2v) is 5.98. The number of anilines is 1. The van der Waals surface area contributed by atoms with Gasteiger partial charge in [-0.15, -0.1) is 6.58 Å². The predicted molar refractivity (Wildman–Crippen MR) is 109 cm³/mol. The average Bonchev–Trinajstić information content (AvgIpc) is 2.72. The summed E-state index contributed by atoms with van der Waals surface area (Å²) in [5, 5.41) is 5.30. The summed E-state index contributed by atoms with van der Waals surface area (Å²) in [4.78, 5) is 39.9. The van der Waals surface area contributed by atoms with Gasteiger partial charge in [-0.05, 0) is 29.8 Å². The number of rotatable bonds is 6. The van der Waals surface area contributed by atoms with E-state index in [1.54, 1.807) is 36.4 Å². The molecule has 1 aromatic heterocycles. The van der Waals surface area contributed by atoms with E-state index < -0.39 is 11.5 Å². The maximum Gasteiger partial charge on any atom is 0.261 e. The van der Waals surface area contributed by atoms with Gasteiger partial charge in [0, 0.05) is 12.2 Å². The molecular formula is C22H19N3O3. The number of amides is 2. The molecule has 3 rings (SSSR count). The number of H-pyrrole nitrogens is 1. The first-order valence-corrected chi connectivity index (χ1v) is 8.68. The molecule has 28 heavy (non-hydrogen) atoms. The van der Waals surface area contributed by atoms with Crippen LogP contribution in [0.2, 0.25) is 0 Å². The molecule has 0 atom stereocenters. The molecule has 0 spiro atoms. The Morgan fingerprint density at radius 3 is 2.32 bits per heavy atom. The molecule has 6 nitrogen and oxygen atoms in total. The van der Waals surface area contributed by atoms with Crippen LogP contribution in [0.15, 0.2) is 84.2 Å². The summed E-state index contributed by atoms with van der Waals surface area (Å²) in [7, 11) is 0. The fourth-order valence-electron chi connectivity index (χ4n) is 2.68. The van der Waals surface area contributed by atoms with E-state index >= 15 is 0 Å². The number of aromatic amines is 1. The number of nitrogens with one attached hydrogen (secondary N) is 3. The Kier molecular flexibility index (Phi) is 5.81. The van der Waals surface area contributed by atoms with Gasteiger partial charge in [-0.3, -0.25) is 14.4 Å². The third kappa shape index (κ3) is 4.24. The zero-order valence-corrected chi connectivity index (χ0v) is 15.1. The van der Waals surface area contributed by atoms with Gasteiger partial charge in [-0.2, -0.15) is 0 Å². The molecule has 0 fully saturated rings. The van der Waals surface area contributed by atoms with Crippen LogP contribution in [0.25, 0.3) is 11.3 Å². The number of hydrogen-bond donors (Lipinski definition) is 3. The van der Waals surface area contributed by atoms with Crippen molar-refractivity contribution in [1.29, 1.82) is 0 Å². The quantitative estimate of drug-likeness (QED) is 0.580. The van der Waals surface area contributed by atoms with Gasteiger partial charge in [0.25, 0.3) is 17.4 Å². The summed E-state index contributed by atoms with van der Waals surface area (Å²) < 4.78 is 0. The molecule has 0 aliphatic carbocycles. The molecular weight excluding hydrogens is 354 g/mol. The number of benzene rings is 2. The highest BCUT2D eigenvalue weighted by atomic mass is 16.2. The topological polar surface area (TPSA) is 91.1 Å². The highest BCUT2D eigenvalue weighted by Crippen LogP contribution is 2.17. The first-order chi connectivity index (χ1) is 13.6. The van der Waals surface area contributed by atoms with Gasteiger partial charge in [-0.25, -0.2) is 0 Å². The second-order valence-electron chi connectivity index (χ2n) is 5.98. The Bertz CT molecular complexity index is 1070. The molecule has 2 aromatic carbocycles. The molecule has 140 valence electrons. The Morgan fingerprint density at radius 1 is 0.893 bits per heavy atom. The smallest absolute Gasteiger partial charge is 0.261 e. The van der Waals surface area contributed by atoms with Crippen molar-refractivity contribution < 1.29 is 9.59 Å². The van der Waals surface area contributed by atoms with Crippen molar-refractivity contribution in [1.82, 2.24) is 10.3 Å². The van der Waals surface area contributed by atoms with E-state index in [9.17, 15) is 14.4 Å². The Labute approximate surface area is 161 Å². The number of carbonyl (C=O) groups excluding carboxylic acids is 2. The summed E-state index contributed by atoms with van der Waals surface area (Å²) in [5.41, 5.74) is 1.53. The number of hydrogen-bond acceptors (Lipinski definition) is 3. The molecule has 1 heterocycles. The van der Waals surface area contributed by atoms with Crippen LogP contribution in [-0.4, -0.2) is 23.3 Å². The van der Waals surface area contributed by atoms with Crippen LogP contribution in [0.5, 0.6) is 0 Å². The van der Waals surface area contributed by atoms with Gasteiger partial charge in [0.1, 0.15) is 5.56 Å². The van der Waals surface area contributed by atoms with E-state index in [0.717, 1.165) is 5.56 Å². The van der Waals surface area contributed by atoms with E-state index in [0.29, 0.717) is 23.5 Å².